The fourth-order valence-corrected chi connectivity index (χ4v) is 4.81. The highest BCUT2D eigenvalue weighted by Gasteiger charge is 2.26. The molecule has 0 bridgehead atoms. The lowest BCUT2D eigenvalue weighted by atomic mass is 10.1. The van der Waals surface area contributed by atoms with E-state index in [9.17, 15) is 13.2 Å². The Morgan fingerprint density at radius 2 is 1.59 bits per heavy atom. The molecule has 1 saturated heterocycles. The van der Waals surface area contributed by atoms with Crippen molar-refractivity contribution in [3.8, 4) is 0 Å². The predicted octanol–water partition coefficient (Wildman–Crippen LogP) is 3.14. The molecule has 1 aliphatic heterocycles. The molecule has 3 aromatic carbocycles. The normalized spacial score (nSPS) is 15.3. The van der Waals surface area contributed by atoms with Gasteiger partial charge in [0.05, 0.1) is 18.1 Å². The molecule has 29 heavy (non-hydrogen) atoms. The molecule has 0 N–H and O–H groups in total. The number of hydrogen-bond donors (Lipinski definition) is 0. The van der Waals surface area contributed by atoms with Gasteiger partial charge >= 0.3 is 0 Å². The third-order valence-corrected chi connectivity index (χ3v) is 7.05. The van der Waals surface area contributed by atoms with Gasteiger partial charge in [0.2, 0.25) is 10.0 Å². The van der Waals surface area contributed by atoms with Crippen molar-refractivity contribution in [1.82, 2.24) is 4.31 Å². The number of sulfonamides is 1. The molecule has 1 amide bonds. The zero-order chi connectivity index (χ0) is 20.4. The molecule has 0 unspecified atom stereocenters. The summed E-state index contributed by atoms with van der Waals surface area (Å²) in [5, 5.41) is 2.16. The Kier molecular flexibility index (Phi) is 5.36. The summed E-state index contributed by atoms with van der Waals surface area (Å²) in [6, 6.07) is 19.9. The third-order valence-electron chi connectivity index (χ3n) is 5.13. The number of hydrogen-bond acceptors (Lipinski definition) is 4. The van der Waals surface area contributed by atoms with Gasteiger partial charge in [0, 0.05) is 31.4 Å². The van der Waals surface area contributed by atoms with Gasteiger partial charge in [-0.1, -0.05) is 30.3 Å². The van der Waals surface area contributed by atoms with Crippen LogP contribution in [0.3, 0.4) is 0 Å². The Labute approximate surface area is 170 Å². The molecule has 1 aliphatic rings. The molecule has 0 aromatic heterocycles. The van der Waals surface area contributed by atoms with Gasteiger partial charge in [0.25, 0.3) is 5.91 Å². The second-order valence-corrected chi connectivity index (χ2v) is 8.87. The maximum absolute atomic E-state index is 12.9. The lowest BCUT2D eigenvalue weighted by Gasteiger charge is -2.26. The molecule has 7 heteroatoms. The molecule has 6 nitrogen and oxygen atoms in total. The molecule has 1 fully saturated rings. The quantitative estimate of drug-likeness (QED) is 0.663. The second kappa shape index (κ2) is 7.94. The van der Waals surface area contributed by atoms with E-state index in [1.807, 2.05) is 42.5 Å². The minimum absolute atomic E-state index is 0.185. The number of fused-ring (bicyclic) bond motifs is 1. The molecule has 0 radical (unpaired) electrons. The number of benzene rings is 3. The highest BCUT2D eigenvalue weighted by molar-refractivity contribution is 7.89. The number of nitrogens with zero attached hydrogens (tertiary/aromatic N) is 2. The fraction of sp³-hybridized carbons (Fsp3) is 0.227. The van der Waals surface area contributed by atoms with E-state index in [0.717, 1.165) is 16.5 Å². The monoisotopic (exact) mass is 410 g/mol. The Morgan fingerprint density at radius 1 is 0.931 bits per heavy atom. The average Bonchev–Trinajstić information content (AvgIpc) is 2.78. The Balaban J connectivity index is 1.55. The smallest absolute Gasteiger partial charge is 0.258 e. The standard InChI is InChI=1S/C22H22N2O4S/c1-23(20-9-6-17-4-2-3-5-19(17)16-20)22(25)18-7-10-21(11-8-18)29(26,27)24-12-14-28-15-13-24/h2-11,16H,12-15H2,1H3. The van der Waals surface area contributed by atoms with Gasteiger partial charge in [-0.25, -0.2) is 8.42 Å². The lowest BCUT2D eigenvalue weighted by molar-refractivity contribution is 0.0730. The first-order valence-electron chi connectivity index (χ1n) is 9.42. The number of carbonyl (C=O) groups is 1. The van der Waals surface area contributed by atoms with Gasteiger partial charge in [-0.2, -0.15) is 4.31 Å². The number of morpholine rings is 1. The van der Waals surface area contributed by atoms with Gasteiger partial charge in [-0.3, -0.25) is 4.79 Å². The van der Waals surface area contributed by atoms with Crippen molar-refractivity contribution >= 4 is 32.4 Å². The van der Waals surface area contributed by atoms with Crippen LogP contribution in [0.1, 0.15) is 10.4 Å². The summed E-state index contributed by atoms with van der Waals surface area (Å²) in [6.45, 7) is 1.47. The third kappa shape index (κ3) is 3.89. The average molecular weight is 410 g/mol. The van der Waals surface area contributed by atoms with E-state index < -0.39 is 10.0 Å². The summed E-state index contributed by atoms with van der Waals surface area (Å²) in [4.78, 5) is 14.6. The van der Waals surface area contributed by atoms with Crippen LogP contribution in [0, 0.1) is 0 Å². The summed E-state index contributed by atoms with van der Waals surface area (Å²) in [7, 11) is -1.86. The van der Waals surface area contributed by atoms with E-state index in [1.54, 1.807) is 24.1 Å². The van der Waals surface area contributed by atoms with Crippen LogP contribution < -0.4 is 4.90 Å². The summed E-state index contributed by atoms with van der Waals surface area (Å²) in [5.41, 5.74) is 1.21. The maximum atomic E-state index is 12.9. The fourth-order valence-electron chi connectivity index (χ4n) is 3.40. The Bertz CT molecular complexity index is 1140. The first-order chi connectivity index (χ1) is 14.0. The molecular weight excluding hydrogens is 388 g/mol. The summed E-state index contributed by atoms with van der Waals surface area (Å²) < 4.78 is 32.1. The van der Waals surface area contributed by atoms with Crippen molar-refractivity contribution in [2.24, 2.45) is 0 Å². The first-order valence-corrected chi connectivity index (χ1v) is 10.9. The number of carbonyl (C=O) groups excluding carboxylic acids is 1. The maximum Gasteiger partial charge on any atom is 0.258 e. The van der Waals surface area contributed by atoms with E-state index >= 15 is 0 Å². The van der Waals surface area contributed by atoms with Gasteiger partial charge in [-0.15, -0.1) is 0 Å². The van der Waals surface area contributed by atoms with Crippen molar-refractivity contribution in [2.45, 2.75) is 4.90 Å². The molecule has 0 saturated carbocycles. The van der Waals surface area contributed by atoms with Crippen molar-refractivity contribution in [3.05, 3.63) is 72.3 Å². The van der Waals surface area contributed by atoms with Crippen LogP contribution in [-0.2, 0) is 14.8 Å². The predicted molar refractivity (Wildman–Crippen MR) is 113 cm³/mol. The summed E-state index contributed by atoms with van der Waals surface area (Å²) in [5.74, 6) is -0.199. The number of amides is 1. The molecule has 0 atom stereocenters. The van der Waals surface area contributed by atoms with Crippen LogP contribution in [0.5, 0.6) is 0 Å². The van der Waals surface area contributed by atoms with Crippen LogP contribution in [0.25, 0.3) is 10.8 Å². The minimum Gasteiger partial charge on any atom is -0.379 e. The van der Waals surface area contributed by atoms with Crippen LogP contribution in [0.2, 0.25) is 0 Å². The zero-order valence-electron chi connectivity index (χ0n) is 16.1. The van der Waals surface area contributed by atoms with Gasteiger partial charge in [-0.05, 0) is 47.2 Å². The largest absolute Gasteiger partial charge is 0.379 e. The van der Waals surface area contributed by atoms with Gasteiger partial charge in [0.1, 0.15) is 0 Å². The SMILES string of the molecule is CN(C(=O)c1ccc(S(=O)(=O)N2CCOCC2)cc1)c1ccc2ccccc2c1. The van der Waals surface area contributed by atoms with Crippen molar-refractivity contribution in [1.29, 1.82) is 0 Å². The van der Waals surface area contributed by atoms with E-state index in [-0.39, 0.29) is 10.8 Å². The van der Waals surface area contributed by atoms with E-state index in [0.29, 0.717) is 31.9 Å². The molecule has 3 aromatic rings. The molecule has 150 valence electrons. The number of ether oxygens (including phenoxy) is 1. The highest BCUT2D eigenvalue weighted by Crippen LogP contribution is 2.23. The lowest BCUT2D eigenvalue weighted by Crippen LogP contribution is -2.40. The van der Waals surface area contributed by atoms with Gasteiger partial charge in [0.15, 0.2) is 0 Å². The topological polar surface area (TPSA) is 66.9 Å². The molecule has 0 spiro atoms. The van der Waals surface area contributed by atoms with Crippen LogP contribution in [0.15, 0.2) is 71.6 Å². The minimum atomic E-state index is -3.57. The Hall–Kier alpha value is -2.74. The van der Waals surface area contributed by atoms with Gasteiger partial charge < -0.3 is 9.64 Å². The second-order valence-electron chi connectivity index (χ2n) is 6.94. The summed E-state index contributed by atoms with van der Waals surface area (Å²) in [6.07, 6.45) is 0. The number of rotatable bonds is 4. The zero-order valence-corrected chi connectivity index (χ0v) is 16.9. The van der Waals surface area contributed by atoms with Crippen LogP contribution in [0.4, 0.5) is 5.69 Å². The van der Waals surface area contributed by atoms with Crippen molar-refractivity contribution in [2.75, 3.05) is 38.3 Å². The molecule has 1 heterocycles. The molecule has 0 aliphatic carbocycles. The highest BCUT2D eigenvalue weighted by atomic mass is 32.2. The molecule has 4 rings (SSSR count). The Morgan fingerprint density at radius 3 is 2.28 bits per heavy atom. The van der Waals surface area contributed by atoms with E-state index in [1.165, 1.54) is 16.4 Å². The van der Waals surface area contributed by atoms with Crippen LogP contribution in [-0.4, -0.2) is 52.0 Å². The van der Waals surface area contributed by atoms with Crippen LogP contribution >= 0.6 is 0 Å². The van der Waals surface area contributed by atoms with Crippen molar-refractivity contribution in [3.63, 3.8) is 0 Å². The van der Waals surface area contributed by atoms with E-state index in [4.69, 9.17) is 4.74 Å². The van der Waals surface area contributed by atoms with E-state index in [2.05, 4.69) is 0 Å². The van der Waals surface area contributed by atoms with Crippen molar-refractivity contribution < 1.29 is 17.9 Å². The first kappa shape index (κ1) is 19.6. The molecular formula is C22H22N2O4S. The summed E-state index contributed by atoms with van der Waals surface area (Å²) >= 11 is 0. The number of anilines is 1.